The highest BCUT2D eigenvalue weighted by Crippen LogP contribution is 2.31. The average Bonchev–Trinajstić information content (AvgIpc) is 2.45. The smallest absolute Gasteiger partial charge is 0.333 e. The largest absolute Gasteiger partial charge is 0.489 e. The molecule has 4 heteroatoms. The van der Waals surface area contributed by atoms with Crippen molar-refractivity contribution in [2.45, 2.75) is 6.92 Å². The molecule has 0 N–H and O–H groups in total. The van der Waals surface area contributed by atoms with Crippen molar-refractivity contribution < 1.29 is 14.3 Å². The van der Waals surface area contributed by atoms with E-state index in [0.29, 0.717) is 10.6 Å². The molecule has 0 saturated carbocycles. The van der Waals surface area contributed by atoms with Crippen molar-refractivity contribution in [1.82, 2.24) is 0 Å². The predicted octanol–water partition coefficient (Wildman–Crippen LogP) is 3.99. The molecule has 104 valence electrons. The van der Waals surface area contributed by atoms with Gasteiger partial charge < -0.3 is 9.47 Å². The third-order valence-corrected chi connectivity index (χ3v) is 3.08. The predicted molar refractivity (Wildman–Crippen MR) is 80.2 cm³/mol. The summed E-state index contributed by atoms with van der Waals surface area (Å²) in [6.45, 7) is 5.59. The molecule has 20 heavy (non-hydrogen) atoms. The topological polar surface area (TPSA) is 35.5 Å². The molecule has 0 heterocycles. The number of benzene rings is 2. The number of fused-ring (bicyclic) bond motifs is 1. The Morgan fingerprint density at radius 1 is 1.15 bits per heavy atom. The van der Waals surface area contributed by atoms with Crippen LogP contribution in [-0.4, -0.2) is 19.2 Å². The zero-order valence-electron chi connectivity index (χ0n) is 11.2. The Labute approximate surface area is 122 Å². The summed E-state index contributed by atoms with van der Waals surface area (Å²) >= 11 is 6.13. The summed E-state index contributed by atoms with van der Waals surface area (Å²) in [6.07, 6.45) is 0. The summed E-state index contributed by atoms with van der Waals surface area (Å²) in [5.74, 6) is 0.311. The Morgan fingerprint density at radius 3 is 2.55 bits per heavy atom. The first-order valence-electron chi connectivity index (χ1n) is 6.22. The van der Waals surface area contributed by atoms with Crippen LogP contribution in [0.2, 0.25) is 5.02 Å². The molecule has 0 atom stereocenters. The van der Waals surface area contributed by atoms with Crippen LogP contribution in [0.15, 0.2) is 48.6 Å². The molecule has 0 aliphatic rings. The van der Waals surface area contributed by atoms with Gasteiger partial charge in [0.1, 0.15) is 19.0 Å². The molecule has 0 saturated heterocycles. The lowest BCUT2D eigenvalue weighted by atomic mass is 10.1. The summed E-state index contributed by atoms with van der Waals surface area (Å²) < 4.78 is 10.6. The van der Waals surface area contributed by atoms with Crippen LogP contribution in [0.4, 0.5) is 0 Å². The van der Waals surface area contributed by atoms with E-state index in [9.17, 15) is 4.79 Å². The average molecular weight is 291 g/mol. The molecule has 0 aliphatic carbocycles. The van der Waals surface area contributed by atoms with Crippen molar-refractivity contribution >= 4 is 28.3 Å². The van der Waals surface area contributed by atoms with Crippen molar-refractivity contribution in [2.75, 3.05) is 13.2 Å². The lowest BCUT2D eigenvalue weighted by Crippen LogP contribution is -2.12. The molecular formula is C16H15ClO3. The van der Waals surface area contributed by atoms with E-state index < -0.39 is 5.97 Å². The van der Waals surface area contributed by atoms with Gasteiger partial charge >= 0.3 is 5.97 Å². The third kappa shape index (κ3) is 3.31. The van der Waals surface area contributed by atoms with Crippen molar-refractivity contribution in [3.8, 4) is 5.75 Å². The molecule has 2 aromatic carbocycles. The minimum absolute atomic E-state index is 0.183. The van der Waals surface area contributed by atoms with Crippen LogP contribution < -0.4 is 4.74 Å². The fourth-order valence-electron chi connectivity index (χ4n) is 1.77. The van der Waals surface area contributed by atoms with E-state index in [0.717, 1.165) is 16.5 Å². The molecule has 0 radical (unpaired) electrons. The molecule has 0 aliphatic heterocycles. The standard InChI is InChI=1S/C16H15ClO3/c1-11(2)16(18)20-10-9-19-15-8-7-14(17)12-5-3-4-6-13(12)15/h3-8H,1,9-10H2,2H3. The lowest BCUT2D eigenvalue weighted by Gasteiger charge is -2.10. The van der Waals surface area contributed by atoms with Gasteiger partial charge in [-0.2, -0.15) is 0 Å². The van der Waals surface area contributed by atoms with E-state index in [-0.39, 0.29) is 13.2 Å². The molecule has 2 rings (SSSR count). The zero-order chi connectivity index (χ0) is 14.5. The van der Waals surface area contributed by atoms with Gasteiger partial charge in [-0.25, -0.2) is 4.79 Å². The van der Waals surface area contributed by atoms with Gasteiger partial charge in [0.05, 0.1) is 0 Å². The highest BCUT2D eigenvalue weighted by molar-refractivity contribution is 6.35. The Hall–Kier alpha value is -2.00. The number of ether oxygens (including phenoxy) is 2. The van der Waals surface area contributed by atoms with Crippen LogP contribution in [0.3, 0.4) is 0 Å². The molecular weight excluding hydrogens is 276 g/mol. The van der Waals surface area contributed by atoms with E-state index in [1.807, 2.05) is 30.3 Å². The van der Waals surface area contributed by atoms with Crippen molar-refractivity contribution in [2.24, 2.45) is 0 Å². The number of rotatable bonds is 5. The van der Waals surface area contributed by atoms with Crippen LogP contribution in [0.25, 0.3) is 10.8 Å². The van der Waals surface area contributed by atoms with Gasteiger partial charge in [-0.15, -0.1) is 0 Å². The third-order valence-electron chi connectivity index (χ3n) is 2.75. The molecule has 0 aromatic heterocycles. The van der Waals surface area contributed by atoms with E-state index >= 15 is 0 Å². The second-order valence-corrected chi connectivity index (χ2v) is 4.76. The molecule has 2 aromatic rings. The SMILES string of the molecule is C=C(C)C(=O)OCCOc1ccc(Cl)c2ccccc12. The van der Waals surface area contributed by atoms with E-state index in [1.165, 1.54) is 0 Å². The summed E-state index contributed by atoms with van der Waals surface area (Å²) in [5, 5.41) is 2.55. The first kappa shape index (κ1) is 14.4. The second kappa shape index (κ2) is 6.44. The van der Waals surface area contributed by atoms with Crippen LogP contribution in [0.1, 0.15) is 6.92 Å². The summed E-state index contributed by atoms with van der Waals surface area (Å²) in [7, 11) is 0. The first-order valence-corrected chi connectivity index (χ1v) is 6.60. The second-order valence-electron chi connectivity index (χ2n) is 4.36. The minimum Gasteiger partial charge on any atom is -0.489 e. The van der Waals surface area contributed by atoms with Gasteiger partial charge in [-0.05, 0) is 19.1 Å². The van der Waals surface area contributed by atoms with Gasteiger partial charge in [0.25, 0.3) is 0 Å². The van der Waals surface area contributed by atoms with Crippen LogP contribution in [0, 0.1) is 0 Å². The number of carbonyl (C=O) groups is 1. The molecule has 0 amide bonds. The normalized spacial score (nSPS) is 10.3. The highest BCUT2D eigenvalue weighted by Gasteiger charge is 2.06. The molecule has 0 bridgehead atoms. The maximum absolute atomic E-state index is 11.2. The number of carbonyl (C=O) groups excluding carboxylic acids is 1. The number of hydrogen-bond acceptors (Lipinski definition) is 3. The number of esters is 1. The Bertz CT molecular complexity index is 649. The van der Waals surface area contributed by atoms with Gasteiger partial charge in [-0.1, -0.05) is 42.4 Å². The molecule has 0 unspecified atom stereocenters. The quantitative estimate of drug-likeness (QED) is 0.474. The summed E-state index contributed by atoms with van der Waals surface area (Å²) in [5.41, 5.74) is 0.377. The maximum atomic E-state index is 11.2. The molecule has 3 nitrogen and oxygen atoms in total. The fourth-order valence-corrected chi connectivity index (χ4v) is 2.00. The summed E-state index contributed by atoms with van der Waals surface area (Å²) in [6, 6.07) is 11.3. The van der Waals surface area contributed by atoms with Crippen LogP contribution >= 0.6 is 11.6 Å². The van der Waals surface area contributed by atoms with Gasteiger partial charge in [0.15, 0.2) is 0 Å². The lowest BCUT2D eigenvalue weighted by molar-refractivity contribution is -0.139. The van der Waals surface area contributed by atoms with Crippen LogP contribution in [-0.2, 0) is 9.53 Å². The van der Waals surface area contributed by atoms with E-state index in [4.69, 9.17) is 21.1 Å². The minimum atomic E-state index is -0.408. The van der Waals surface area contributed by atoms with Gasteiger partial charge in [-0.3, -0.25) is 0 Å². The Balaban J connectivity index is 2.02. The fraction of sp³-hybridized carbons (Fsp3) is 0.188. The highest BCUT2D eigenvalue weighted by atomic mass is 35.5. The Morgan fingerprint density at radius 2 is 1.85 bits per heavy atom. The zero-order valence-corrected chi connectivity index (χ0v) is 11.9. The van der Waals surface area contributed by atoms with Crippen molar-refractivity contribution in [3.05, 3.63) is 53.6 Å². The van der Waals surface area contributed by atoms with Gasteiger partial charge in [0, 0.05) is 21.4 Å². The van der Waals surface area contributed by atoms with E-state index in [2.05, 4.69) is 6.58 Å². The number of hydrogen-bond donors (Lipinski definition) is 0. The molecule has 0 spiro atoms. The Kier molecular flexibility index (Phi) is 4.64. The van der Waals surface area contributed by atoms with E-state index in [1.54, 1.807) is 13.0 Å². The van der Waals surface area contributed by atoms with Crippen LogP contribution in [0.5, 0.6) is 5.75 Å². The van der Waals surface area contributed by atoms with Crippen molar-refractivity contribution in [3.63, 3.8) is 0 Å². The van der Waals surface area contributed by atoms with Crippen molar-refractivity contribution in [1.29, 1.82) is 0 Å². The molecule has 0 fully saturated rings. The maximum Gasteiger partial charge on any atom is 0.333 e. The monoisotopic (exact) mass is 290 g/mol. The first-order chi connectivity index (χ1) is 9.59. The van der Waals surface area contributed by atoms with Gasteiger partial charge in [0.2, 0.25) is 0 Å². The number of halogens is 1. The summed E-state index contributed by atoms with van der Waals surface area (Å²) in [4.78, 5) is 11.2.